The van der Waals surface area contributed by atoms with Crippen LogP contribution in [0.3, 0.4) is 0 Å². The summed E-state index contributed by atoms with van der Waals surface area (Å²) in [6.07, 6.45) is -1.65. The number of phenolic OH excluding ortho intramolecular Hbond substituents is 1. The van der Waals surface area contributed by atoms with Crippen LogP contribution in [0.25, 0.3) is 0 Å². The number of Topliss-reactive ketones (excluding diaryl/α,β-unsaturated/α-hetero) is 1. The van der Waals surface area contributed by atoms with Gasteiger partial charge in [-0.25, -0.2) is 0 Å². The number of rotatable bonds is 0. The maximum atomic E-state index is 12.6. The maximum absolute atomic E-state index is 12.6. The van der Waals surface area contributed by atoms with E-state index >= 15 is 0 Å². The minimum Gasteiger partial charge on any atom is -0.504 e. The number of fused-ring (bicyclic) bond motifs is 5. The number of hydrogen-bond acceptors (Lipinski definition) is 6. The van der Waals surface area contributed by atoms with Crippen molar-refractivity contribution < 1.29 is 24.9 Å². The van der Waals surface area contributed by atoms with Crippen molar-refractivity contribution in [3.05, 3.63) is 23.3 Å². The molecule has 1 aromatic rings. The molecule has 23 heavy (non-hydrogen) atoms. The second-order valence-electron chi connectivity index (χ2n) is 6.90. The van der Waals surface area contributed by atoms with E-state index in [0.717, 1.165) is 17.5 Å². The van der Waals surface area contributed by atoms with Crippen molar-refractivity contribution in [1.29, 1.82) is 0 Å². The molecular formula is C17H21NO5. The highest BCUT2D eigenvalue weighted by Gasteiger charge is 2.46. The van der Waals surface area contributed by atoms with Gasteiger partial charge < -0.3 is 25.0 Å². The van der Waals surface area contributed by atoms with Crippen LogP contribution in [0.4, 0.5) is 0 Å². The molecule has 5 atom stereocenters. The first-order chi connectivity index (χ1) is 11.0. The Balaban J connectivity index is 1.91. The van der Waals surface area contributed by atoms with Crippen LogP contribution >= 0.6 is 0 Å². The maximum Gasteiger partial charge on any atom is 0.176 e. The van der Waals surface area contributed by atoms with E-state index < -0.39 is 18.3 Å². The van der Waals surface area contributed by atoms with E-state index in [1.54, 1.807) is 6.07 Å². The van der Waals surface area contributed by atoms with Gasteiger partial charge in [-0.05, 0) is 38.1 Å². The first-order valence-electron chi connectivity index (χ1n) is 8.08. The highest BCUT2D eigenvalue weighted by molar-refractivity contribution is 5.86. The summed E-state index contributed by atoms with van der Waals surface area (Å²) in [6, 6.07) is 3.14. The second kappa shape index (κ2) is 5.19. The zero-order chi connectivity index (χ0) is 16.3. The van der Waals surface area contributed by atoms with E-state index in [-0.39, 0.29) is 29.9 Å². The van der Waals surface area contributed by atoms with Gasteiger partial charge >= 0.3 is 0 Å². The van der Waals surface area contributed by atoms with Crippen LogP contribution in [0.1, 0.15) is 29.9 Å². The molecule has 124 valence electrons. The van der Waals surface area contributed by atoms with E-state index in [2.05, 4.69) is 4.90 Å². The predicted molar refractivity (Wildman–Crippen MR) is 81.6 cm³/mol. The Morgan fingerprint density at radius 1 is 1.26 bits per heavy atom. The van der Waals surface area contributed by atoms with Crippen molar-refractivity contribution in [3.63, 3.8) is 0 Å². The third kappa shape index (κ3) is 2.16. The van der Waals surface area contributed by atoms with E-state index in [1.807, 2.05) is 13.1 Å². The van der Waals surface area contributed by atoms with Crippen molar-refractivity contribution in [1.82, 2.24) is 4.90 Å². The summed E-state index contributed by atoms with van der Waals surface area (Å²) < 4.78 is 5.81. The molecule has 0 aromatic heterocycles. The van der Waals surface area contributed by atoms with Gasteiger partial charge in [-0.1, -0.05) is 6.07 Å². The number of ketones is 1. The summed E-state index contributed by atoms with van der Waals surface area (Å²) in [5.41, 5.74) is 1.88. The molecule has 5 rings (SSSR count). The Bertz CT molecular complexity index is 661. The second-order valence-corrected chi connectivity index (χ2v) is 6.90. The van der Waals surface area contributed by atoms with Crippen LogP contribution in [-0.4, -0.2) is 63.9 Å². The molecule has 3 heterocycles. The van der Waals surface area contributed by atoms with Crippen molar-refractivity contribution in [3.8, 4) is 11.5 Å². The molecule has 0 radical (unpaired) electrons. The lowest BCUT2D eigenvalue weighted by molar-refractivity contribution is -0.132. The molecule has 0 saturated carbocycles. The largest absolute Gasteiger partial charge is 0.504 e. The quantitative estimate of drug-likeness (QED) is 0.632. The lowest BCUT2D eigenvalue weighted by atomic mass is 9.79. The molecule has 5 unspecified atom stereocenters. The summed E-state index contributed by atoms with van der Waals surface area (Å²) in [5.74, 6) is 0.133. The SMILES string of the molecule is CN1CCC2c3c4ccc(O)c3OC2C(=O)CC(O)C(O)C1C4. The predicted octanol–water partition coefficient (Wildman–Crippen LogP) is 0.178. The average Bonchev–Trinajstić information content (AvgIpc) is 2.89. The first kappa shape index (κ1) is 14.9. The van der Waals surface area contributed by atoms with Crippen molar-refractivity contribution >= 4 is 5.78 Å². The molecule has 4 aliphatic rings. The zero-order valence-corrected chi connectivity index (χ0v) is 13.0. The molecule has 1 aliphatic carbocycles. The van der Waals surface area contributed by atoms with Gasteiger partial charge in [0.2, 0.25) is 0 Å². The molecule has 1 aromatic carbocycles. The third-order valence-corrected chi connectivity index (χ3v) is 5.55. The highest BCUT2D eigenvalue weighted by Crippen LogP contribution is 2.49. The fourth-order valence-corrected chi connectivity index (χ4v) is 4.25. The minimum atomic E-state index is -1.11. The molecular weight excluding hydrogens is 298 g/mol. The van der Waals surface area contributed by atoms with Gasteiger partial charge in [-0.3, -0.25) is 4.79 Å². The molecule has 4 bridgehead atoms. The van der Waals surface area contributed by atoms with E-state index in [4.69, 9.17) is 4.74 Å². The highest BCUT2D eigenvalue weighted by atomic mass is 16.5. The Hall–Kier alpha value is -1.63. The number of aliphatic hydroxyl groups is 2. The molecule has 3 N–H and O–H groups in total. The number of likely N-dealkylation sites (N-methyl/N-ethyl adjacent to an activating group) is 1. The Morgan fingerprint density at radius 2 is 2.04 bits per heavy atom. The average molecular weight is 319 g/mol. The van der Waals surface area contributed by atoms with Gasteiger partial charge in [-0.2, -0.15) is 0 Å². The van der Waals surface area contributed by atoms with Gasteiger partial charge in [0.05, 0.1) is 12.2 Å². The van der Waals surface area contributed by atoms with Gasteiger partial charge in [0, 0.05) is 23.9 Å². The van der Waals surface area contributed by atoms with Crippen molar-refractivity contribution in [2.75, 3.05) is 13.6 Å². The van der Waals surface area contributed by atoms with Crippen LogP contribution in [0.15, 0.2) is 12.1 Å². The Morgan fingerprint density at radius 3 is 2.83 bits per heavy atom. The first-order valence-corrected chi connectivity index (χ1v) is 8.08. The number of phenols is 1. The zero-order valence-electron chi connectivity index (χ0n) is 13.0. The van der Waals surface area contributed by atoms with Gasteiger partial charge in [0.1, 0.15) is 0 Å². The number of hydrogen-bond donors (Lipinski definition) is 3. The molecule has 6 heteroatoms. The molecule has 6 nitrogen and oxygen atoms in total. The topological polar surface area (TPSA) is 90.2 Å². The Kier molecular flexibility index (Phi) is 3.37. The smallest absolute Gasteiger partial charge is 0.176 e. The number of aliphatic hydroxyl groups excluding tert-OH is 2. The van der Waals surface area contributed by atoms with Crippen LogP contribution in [0, 0.1) is 0 Å². The number of carbonyl (C=O) groups is 1. The standard InChI is InChI=1S/C17H21NO5/c1-18-5-4-9-14-8-2-3-11(19)17(14)23-16(9)13(21)7-12(20)15(22)10(18)6-8/h2-3,9-10,12,15-16,19-20,22H,4-7H2,1H3. The minimum absolute atomic E-state index is 0.0508. The lowest BCUT2D eigenvalue weighted by Gasteiger charge is -2.38. The lowest BCUT2D eigenvalue weighted by Crippen LogP contribution is -2.52. The van der Waals surface area contributed by atoms with Gasteiger partial charge in [0.25, 0.3) is 0 Å². The van der Waals surface area contributed by atoms with Crippen LogP contribution < -0.4 is 4.74 Å². The van der Waals surface area contributed by atoms with Crippen LogP contribution in [-0.2, 0) is 11.2 Å². The number of ether oxygens (including phenoxy) is 1. The van der Waals surface area contributed by atoms with Crippen molar-refractivity contribution in [2.45, 2.75) is 49.5 Å². The molecule has 0 amide bonds. The summed E-state index contributed by atoms with van der Waals surface area (Å²) in [6.45, 7) is 0.695. The number of nitrogens with zero attached hydrogens (tertiary/aromatic N) is 1. The fourth-order valence-electron chi connectivity index (χ4n) is 4.25. The van der Waals surface area contributed by atoms with Gasteiger partial charge in [-0.15, -0.1) is 0 Å². The number of carbonyl (C=O) groups excluding carboxylic acids is 1. The fraction of sp³-hybridized carbons (Fsp3) is 0.588. The van der Waals surface area contributed by atoms with Crippen LogP contribution in [0.5, 0.6) is 11.5 Å². The summed E-state index contributed by atoms with van der Waals surface area (Å²) in [7, 11) is 1.93. The summed E-state index contributed by atoms with van der Waals surface area (Å²) >= 11 is 0. The summed E-state index contributed by atoms with van der Waals surface area (Å²) in [4.78, 5) is 14.6. The number of aromatic hydroxyl groups is 1. The molecule has 0 spiro atoms. The molecule has 3 aliphatic heterocycles. The van der Waals surface area contributed by atoms with Gasteiger partial charge in [0.15, 0.2) is 23.4 Å². The van der Waals surface area contributed by atoms with E-state index in [1.165, 1.54) is 0 Å². The summed E-state index contributed by atoms with van der Waals surface area (Å²) in [5, 5.41) is 30.9. The Labute approximate surface area is 134 Å². The van der Waals surface area contributed by atoms with Crippen LogP contribution in [0.2, 0.25) is 0 Å². The normalized spacial score (nSPS) is 36.7. The number of benzene rings is 1. The molecule has 1 fully saturated rings. The molecule has 1 saturated heterocycles. The van der Waals surface area contributed by atoms with E-state index in [0.29, 0.717) is 18.7 Å². The van der Waals surface area contributed by atoms with E-state index in [9.17, 15) is 20.1 Å². The van der Waals surface area contributed by atoms with Crippen molar-refractivity contribution in [2.24, 2.45) is 0 Å². The monoisotopic (exact) mass is 319 g/mol. The third-order valence-electron chi connectivity index (χ3n) is 5.55.